The van der Waals surface area contributed by atoms with Gasteiger partial charge in [0.1, 0.15) is 11.6 Å². The van der Waals surface area contributed by atoms with Crippen molar-refractivity contribution in [1.29, 1.82) is 0 Å². The van der Waals surface area contributed by atoms with E-state index in [9.17, 15) is 4.79 Å². The van der Waals surface area contributed by atoms with Crippen LogP contribution in [0.5, 0.6) is 23.1 Å². The van der Waals surface area contributed by atoms with Gasteiger partial charge in [-0.2, -0.15) is 0 Å². The van der Waals surface area contributed by atoms with Gasteiger partial charge in [0.15, 0.2) is 11.5 Å². The lowest BCUT2D eigenvalue weighted by molar-refractivity contribution is 0.102. The summed E-state index contributed by atoms with van der Waals surface area (Å²) in [6.07, 6.45) is 0.725. The van der Waals surface area contributed by atoms with Gasteiger partial charge in [-0.15, -0.1) is 10.2 Å². The fraction of sp³-hybridized carbons (Fsp3) is 0.154. The van der Waals surface area contributed by atoms with Crippen LogP contribution < -0.4 is 19.5 Å². The first-order valence-electron chi connectivity index (χ1n) is 11.0. The summed E-state index contributed by atoms with van der Waals surface area (Å²) < 4.78 is 18.5. The minimum absolute atomic E-state index is 0.270. The molecule has 0 spiro atoms. The molecule has 0 aliphatic heterocycles. The van der Waals surface area contributed by atoms with E-state index < -0.39 is 0 Å². The molecular weight excluding hydrogens is 446 g/mol. The van der Waals surface area contributed by atoms with E-state index in [1.165, 1.54) is 7.11 Å². The number of nitrogens with one attached hydrogen (secondary N) is 1. The van der Waals surface area contributed by atoms with Crippen molar-refractivity contribution >= 4 is 28.3 Å². The highest BCUT2D eigenvalue weighted by atomic mass is 16.5. The van der Waals surface area contributed by atoms with Crippen LogP contribution in [0.15, 0.2) is 66.7 Å². The van der Waals surface area contributed by atoms with E-state index in [2.05, 4.69) is 20.5 Å². The van der Waals surface area contributed by atoms with Crippen molar-refractivity contribution in [3.63, 3.8) is 0 Å². The lowest BCUT2D eigenvalue weighted by atomic mass is 10.2. The lowest BCUT2D eigenvalue weighted by Crippen LogP contribution is -2.12. The highest BCUT2D eigenvalue weighted by Crippen LogP contribution is 2.30. The monoisotopic (exact) mass is 469 g/mol. The number of amides is 1. The smallest absolute Gasteiger partial charge is 0.266 e. The lowest BCUT2D eigenvalue weighted by Gasteiger charge is -2.11. The second-order valence-corrected chi connectivity index (χ2v) is 7.68. The minimum Gasteiger partial charge on any atom is -0.493 e. The third-order valence-electron chi connectivity index (χ3n) is 5.55. The highest BCUT2D eigenvalue weighted by molar-refractivity contribution is 6.04. The quantitative estimate of drug-likeness (QED) is 0.362. The molecule has 3 aromatic carbocycles. The van der Waals surface area contributed by atoms with E-state index >= 15 is 0 Å². The van der Waals surface area contributed by atoms with Gasteiger partial charge in [0.25, 0.3) is 11.8 Å². The number of ether oxygens (including phenoxy) is 3. The number of hydrogen-bond donors (Lipinski definition) is 1. The van der Waals surface area contributed by atoms with Crippen LogP contribution in [0, 0.1) is 0 Å². The number of methoxy groups -OCH3 is 2. The molecule has 0 aliphatic carbocycles. The molecule has 0 unspecified atom stereocenters. The van der Waals surface area contributed by atoms with Crippen LogP contribution in [-0.4, -0.2) is 39.7 Å². The van der Waals surface area contributed by atoms with Crippen molar-refractivity contribution in [3.8, 4) is 23.1 Å². The van der Waals surface area contributed by atoms with Gasteiger partial charge >= 0.3 is 0 Å². The molecule has 1 N–H and O–H groups in total. The van der Waals surface area contributed by atoms with E-state index in [1.54, 1.807) is 49.6 Å². The third kappa shape index (κ3) is 4.19. The third-order valence-corrected chi connectivity index (χ3v) is 5.55. The molecule has 0 saturated carbocycles. The number of hydrogen-bond acceptors (Lipinski definition) is 7. The van der Waals surface area contributed by atoms with Crippen LogP contribution in [0.2, 0.25) is 0 Å². The Morgan fingerprint density at radius 3 is 2.46 bits per heavy atom. The van der Waals surface area contributed by atoms with E-state index in [4.69, 9.17) is 14.2 Å². The molecule has 5 rings (SSSR count). The standard InChI is InChI=1S/C26H23N5O4/c1-4-23-29-30-24-26(28-19-7-5-6-8-20(19)31(23)24)35-18-12-10-17(11-13-18)27-25(32)16-9-14-21(33-2)22(15-16)34-3/h5-15H,4H2,1-3H3,(H,27,32). The van der Waals surface area contributed by atoms with Crippen LogP contribution in [0.3, 0.4) is 0 Å². The molecule has 0 bridgehead atoms. The van der Waals surface area contributed by atoms with Gasteiger partial charge in [0.2, 0.25) is 5.65 Å². The Kier molecular flexibility index (Phi) is 5.88. The Labute approximate surface area is 201 Å². The summed E-state index contributed by atoms with van der Waals surface area (Å²) in [5.41, 5.74) is 3.31. The summed E-state index contributed by atoms with van der Waals surface area (Å²) in [6.45, 7) is 2.03. The van der Waals surface area contributed by atoms with Gasteiger partial charge in [-0.3, -0.25) is 9.20 Å². The van der Waals surface area contributed by atoms with Gasteiger partial charge in [0.05, 0.1) is 25.3 Å². The Morgan fingerprint density at radius 2 is 1.71 bits per heavy atom. The van der Waals surface area contributed by atoms with Gasteiger partial charge in [-0.1, -0.05) is 19.1 Å². The zero-order valence-electron chi connectivity index (χ0n) is 19.5. The fourth-order valence-corrected chi connectivity index (χ4v) is 3.81. The van der Waals surface area contributed by atoms with Gasteiger partial charge in [0, 0.05) is 17.7 Å². The Balaban J connectivity index is 1.38. The Bertz CT molecular complexity index is 1530. The second-order valence-electron chi connectivity index (χ2n) is 7.68. The van der Waals surface area contributed by atoms with E-state index in [-0.39, 0.29) is 5.91 Å². The molecule has 0 atom stereocenters. The van der Waals surface area contributed by atoms with Gasteiger partial charge in [-0.05, 0) is 54.6 Å². The molecule has 35 heavy (non-hydrogen) atoms. The maximum Gasteiger partial charge on any atom is 0.266 e. The summed E-state index contributed by atoms with van der Waals surface area (Å²) in [5, 5.41) is 11.5. The predicted octanol–water partition coefficient (Wildman–Crippen LogP) is 4.90. The maximum atomic E-state index is 12.7. The summed E-state index contributed by atoms with van der Waals surface area (Å²) >= 11 is 0. The number of carbonyl (C=O) groups is 1. The zero-order valence-corrected chi connectivity index (χ0v) is 19.5. The summed E-state index contributed by atoms with van der Waals surface area (Å²) in [5.74, 6) is 2.51. The molecule has 0 radical (unpaired) electrons. The predicted molar refractivity (Wildman–Crippen MR) is 132 cm³/mol. The number of carbonyl (C=O) groups excluding carboxylic acids is 1. The molecule has 0 aliphatic rings. The van der Waals surface area contributed by atoms with Gasteiger partial charge < -0.3 is 19.5 Å². The number of para-hydroxylation sites is 2. The topological polar surface area (TPSA) is 99.9 Å². The van der Waals surface area contributed by atoms with Crippen molar-refractivity contribution in [2.75, 3.05) is 19.5 Å². The summed E-state index contributed by atoms with van der Waals surface area (Å²) in [7, 11) is 3.07. The molecule has 0 saturated heterocycles. The number of rotatable bonds is 7. The van der Waals surface area contributed by atoms with E-state index in [0.717, 1.165) is 23.3 Å². The average Bonchev–Trinajstić information content (AvgIpc) is 3.34. The first-order chi connectivity index (χ1) is 17.1. The summed E-state index contributed by atoms with van der Waals surface area (Å²) in [6, 6.07) is 19.8. The molecule has 9 heteroatoms. The SMILES string of the molecule is CCc1nnc2c(Oc3ccc(NC(=O)c4ccc(OC)c(OC)c4)cc3)nc3ccccc3n12. The molecule has 2 aromatic heterocycles. The number of benzene rings is 3. The number of nitrogens with zero attached hydrogens (tertiary/aromatic N) is 4. The van der Waals surface area contributed by atoms with Crippen molar-refractivity contribution in [2.24, 2.45) is 0 Å². The normalized spacial score (nSPS) is 10.9. The maximum absolute atomic E-state index is 12.7. The molecule has 0 fully saturated rings. The van der Waals surface area contributed by atoms with Crippen molar-refractivity contribution < 1.29 is 19.0 Å². The van der Waals surface area contributed by atoms with Crippen LogP contribution >= 0.6 is 0 Å². The molecule has 9 nitrogen and oxygen atoms in total. The highest BCUT2D eigenvalue weighted by Gasteiger charge is 2.16. The Morgan fingerprint density at radius 1 is 0.943 bits per heavy atom. The van der Waals surface area contributed by atoms with E-state index in [0.29, 0.717) is 40.0 Å². The number of anilines is 1. The van der Waals surface area contributed by atoms with Crippen molar-refractivity contribution in [3.05, 3.63) is 78.1 Å². The van der Waals surface area contributed by atoms with E-state index in [1.807, 2.05) is 35.6 Å². The van der Waals surface area contributed by atoms with Crippen LogP contribution in [0.4, 0.5) is 5.69 Å². The number of aromatic nitrogens is 4. The van der Waals surface area contributed by atoms with Crippen molar-refractivity contribution in [2.45, 2.75) is 13.3 Å². The van der Waals surface area contributed by atoms with Crippen molar-refractivity contribution in [1.82, 2.24) is 19.6 Å². The molecule has 176 valence electrons. The average molecular weight is 470 g/mol. The molecule has 5 aromatic rings. The van der Waals surface area contributed by atoms with Crippen LogP contribution in [0.25, 0.3) is 16.7 Å². The number of aryl methyl sites for hydroxylation is 1. The zero-order chi connectivity index (χ0) is 24.4. The van der Waals surface area contributed by atoms with Crippen LogP contribution in [-0.2, 0) is 6.42 Å². The van der Waals surface area contributed by atoms with Gasteiger partial charge in [-0.25, -0.2) is 4.98 Å². The fourth-order valence-electron chi connectivity index (χ4n) is 3.81. The first kappa shape index (κ1) is 22.1. The molecule has 2 heterocycles. The van der Waals surface area contributed by atoms with Crippen LogP contribution in [0.1, 0.15) is 23.1 Å². The first-order valence-corrected chi connectivity index (χ1v) is 11.0. The Hall–Kier alpha value is -4.66. The largest absolute Gasteiger partial charge is 0.493 e. The number of fused-ring (bicyclic) bond motifs is 3. The second kappa shape index (κ2) is 9.30. The molecule has 1 amide bonds. The summed E-state index contributed by atoms with van der Waals surface area (Å²) in [4.78, 5) is 17.3. The molecular formula is C26H23N5O4. The minimum atomic E-state index is -0.270.